The molecule has 1 heterocycles. The summed E-state index contributed by atoms with van der Waals surface area (Å²) in [5.41, 5.74) is -5.52. The van der Waals surface area contributed by atoms with Crippen molar-refractivity contribution in [2.24, 2.45) is 5.11 Å². The lowest BCUT2D eigenvalue weighted by Gasteiger charge is -2.44. The number of aromatic nitrogens is 2. The van der Waals surface area contributed by atoms with Crippen LogP contribution in [0.25, 0.3) is 10.4 Å². The summed E-state index contributed by atoms with van der Waals surface area (Å²) >= 11 is 0. The Hall–Kier alpha value is -7.05. The van der Waals surface area contributed by atoms with Crippen molar-refractivity contribution in [2.75, 3.05) is 0 Å². The number of rotatable bonds is 7. The summed E-state index contributed by atoms with van der Waals surface area (Å²) in [5, 5.41) is 3.49. The van der Waals surface area contributed by atoms with Crippen molar-refractivity contribution in [3.63, 3.8) is 0 Å². The molecule has 0 amide bonds. The van der Waals surface area contributed by atoms with Gasteiger partial charge in [-0.15, -0.1) is 21.9 Å². The molecule has 0 unspecified atom stereocenters. The molecule has 0 aliphatic carbocycles. The molecule has 6 aromatic rings. The molecule has 0 aliphatic rings. The van der Waals surface area contributed by atoms with Gasteiger partial charge in [-0.1, -0.05) is 17.2 Å². The largest absolute Gasteiger partial charge is 0.252 e. The van der Waals surface area contributed by atoms with Crippen molar-refractivity contribution >= 4 is 33.7 Å². The Morgan fingerprint density at radius 3 is 1.00 bits per heavy atom. The van der Waals surface area contributed by atoms with Gasteiger partial charge in [-0.05, 0) is 17.7 Å². The maximum atomic E-state index is 15.4. The van der Waals surface area contributed by atoms with Crippen LogP contribution in [-0.4, -0.2) is 11.1 Å². The smallest absolute Gasteiger partial charge is 0.241 e. The highest BCUT2D eigenvalue weighted by Gasteiger charge is 2.52. The number of hydrogen-bond donors (Lipinski definition) is 0. The number of hydrogen-bond acceptors (Lipinski definition) is 3. The molecule has 6 nitrogen and oxygen atoms in total. The van der Waals surface area contributed by atoms with Crippen LogP contribution in [0.15, 0.2) is 54.2 Å². The first-order valence-corrected chi connectivity index (χ1v) is 15.5. The highest BCUT2D eigenvalue weighted by atomic mass is 19.2. The molecule has 0 bridgehead atoms. The SMILES string of the molecule is Fc1c(F)c(F)c([B-](c2c(F)c(F)c(F)c(F)c2F)(c2c(F)c(F)c(F)c(F)c2F)c2c(F)c(F)c(F)c(F)c2F)c(F)c1F.[N-]=[N+]=Nc1cccc(O[n+]2ccncc2)c1. The van der Waals surface area contributed by atoms with E-state index in [1.807, 2.05) is 0 Å². The van der Waals surface area contributed by atoms with Crippen molar-refractivity contribution in [1.29, 1.82) is 0 Å². The Kier molecular flexibility index (Phi) is 12.5. The first kappa shape index (κ1) is 45.0. The van der Waals surface area contributed by atoms with Gasteiger partial charge in [-0.2, -0.15) is 0 Å². The minimum Gasteiger partial charge on any atom is -0.252 e. The average Bonchev–Trinajstić information content (AvgIpc) is 3.24. The van der Waals surface area contributed by atoms with Crippen molar-refractivity contribution in [3.05, 3.63) is 176 Å². The molecule has 0 atom stereocenters. The van der Waals surface area contributed by atoms with E-state index in [1.165, 1.54) is 4.73 Å². The topological polar surface area (TPSA) is 74.8 Å². The molecule has 5 aromatic carbocycles. The molecule has 0 radical (unpaired) electrons. The van der Waals surface area contributed by atoms with Gasteiger partial charge < -0.3 is 0 Å². The fourth-order valence-corrected chi connectivity index (χ4v) is 6.02. The summed E-state index contributed by atoms with van der Waals surface area (Å²) in [4.78, 5) is 12.0. The molecule has 0 saturated carbocycles. The van der Waals surface area contributed by atoms with Crippen LogP contribution >= 0.6 is 0 Å². The highest BCUT2D eigenvalue weighted by Crippen LogP contribution is 2.31. The van der Waals surface area contributed by atoms with Crippen LogP contribution in [0.4, 0.5) is 93.5 Å². The fraction of sp³-hybridized carbons (Fsp3) is 0. The molecule has 0 aliphatic heterocycles. The Morgan fingerprint density at radius 2 is 0.721 bits per heavy atom. The molecule has 0 saturated heterocycles. The average molecular weight is 893 g/mol. The van der Waals surface area contributed by atoms with Gasteiger partial charge in [0.1, 0.15) is 52.7 Å². The maximum Gasteiger partial charge on any atom is 0.241 e. The van der Waals surface area contributed by atoms with Crippen LogP contribution in [0.2, 0.25) is 0 Å². The van der Waals surface area contributed by atoms with Gasteiger partial charge in [0.2, 0.25) is 18.1 Å². The summed E-state index contributed by atoms with van der Waals surface area (Å²) in [6.45, 7) is 0. The van der Waals surface area contributed by atoms with E-state index in [2.05, 4.69) is 15.0 Å². The second-order valence-electron chi connectivity index (χ2n) is 11.7. The lowest BCUT2D eigenvalue weighted by molar-refractivity contribution is -0.875. The van der Waals surface area contributed by atoms with E-state index in [9.17, 15) is 52.7 Å². The van der Waals surface area contributed by atoms with E-state index in [0.29, 0.717) is 11.4 Å². The monoisotopic (exact) mass is 893 g/mol. The van der Waals surface area contributed by atoms with E-state index in [0.717, 1.165) is 0 Å². The van der Waals surface area contributed by atoms with Crippen LogP contribution in [0, 0.1) is 116 Å². The van der Waals surface area contributed by atoms with Crippen molar-refractivity contribution < 1.29 is 97.4 Å². The molecule has 27 heteroatoms. The lowest BCUT2D eigenvalue weighted by atomic mass is 9.12. The predicted molar refractivity (Wildman–Crippen MR) is 165 cm³/mol. The second kappa shape index (κ2) is 16.9. The Balaban J connectivity index is 0.000000366. The van der Waals surface area contributed by atoms with Crippen molar-refractivity contribution in [1.82, 2.24) is 4.98 Å². The van der Waals surface area contributed by atoms with Gasteiger partial charge in [-0.25, -0.2) is 92.6 Å². The molecular formula is C34H8BF20N5O. The number of benzene rings is 5. The van der Waals surface area contributed by atoms with Crippen molar-refractivity contribution in [2.45, 2.75) is 0 Å². The van der Waals surface area contributed by atoms with E-state index in [4.69, 9.17) is 10.4 Å². The molecular weight excluding hydrogens is 885 g/mol. The normalized spacial score (nSPS) is 11.3. The van der Waals surface area contributed by atoms with Crippen molar-refractivity contribution in [3.8, 4) is 5.75 Å². The standard InChI is InChI=1S/C24BF20.C10H8N5O/c26-5-1(6(27)14(35)21(42)13(5)34)25(2-7(28)15(36)22(43)16(37)8(2)29,3-9(30)17(38)23(44)18(39)10(3)31)4-11(32)19(40)24(45)20(41)12(4)33;11-14-13-9-2-1-3-10(8-9)16-15-6-4-12-5-7-15/h;1-8H/q-1;+1. The maximum absolute atomic E-state index is 15.4. The van der Waals surface area contributed by atoms with Crippen LogP contribution in [-0.2, 0) is 0 Å². The zero-order valence-corrected chi connectivity index (χ0v) is 28.4. The van der Waals surface area contributed by atoms with Crippen LogP contribution in [0.3, 0.4) is 0 Å². The molecule has 0 spiro atoms. The minimum absolute atomic E-state index is 0.509. The van der Waals surface area contributed by atoms with Gasteiger partial charge in [0.15, 0.2) is 69.8 Å². The Bertz CT molecular complexity index is 2430. The zero-order chi connectivity index (χ0) is 45.6. The number of nitrogens with zero attached hydrogens (tertiary/aromatic N) is 5. The predicted octanol–water partition coefficient (Wildman–Crippen LogP) is 8.00. The third-order valence-corrected chi connectivity index (χ3v) is 8.50. The van der Waals surface area contributed by atoms with E-state index >= 15 is 35.1 Å². The molecule has 0 fully saturated rings. The molecule has 1 aromatic heterocycles. The van der Waals surface area contributed by atoms with Crippen LogP contribution in [0.5, 0.6) is 5.75 Å². The van der Waals surface area contributed by atoms with Gasteiger partial charge in [-0.3, -0.25) is 4.98 Å². The van der Waals surface area contributed by atoms with E-state index in [-0.39, 0.29) is 0 Å². The quantitative estimate of drug-likeness (QED) is 0.0238. The first-order chi connectivity index (χ1) is 28.6. The molecule has 61 heavy (non-hydrogen) atoms. The van der Waals surface area contributed by atoms with Gasteiger partial charge in [0.25, 0.3) is 0 Å². The van der Waals surface area contributed by atoms with Crippen LogP contribution in [0.1, 0.15) is 0 Å². The minimum atomic E-state index is -7.22. The Labute approximate surface area is 323 Å². The van der Waals surface area contributed by atoms with Crippen LogP contribution < -0.4 is 31.4 Å². The fourth-order valence-electron chi connectivity index (χ4n) is 6.02. The van der Waals surface area contributed by atoms with Gasteiger partial charge in [0, 0.05) is 15.3 Å². The molecule has 6 rings (SSSR count). The van der Waals surface area contributed by atoms with Gasteiger partial charge in [0.05, 0.1) is 12.4 Å². The number of halogens is 20. The summed E-state index contributed by atoms with van der Waals surface area (Å²) in [7, 11) is 0. The van der Waals surface area contributed by atoms with E-state index in [1.54, 1.807) is 49.1 Å². The zero-order valence-electron chi connectivity index (χ0n) is 28.4. The highest BCUT2D eigenvalue weighted by molar-refractivity contribution is 7.20. The summed E-state index contributed by atoms with van der Waals surface area (Å²) in [5.74, 6) is -70.8. The number of azide groups is 1. The second-order valence-corrected chi connectivity index (χ2v) is 11.7. The Morgan fingerprint density at radius 1 is 0.443 bits per heavy atom. The first-order valence-electron chi connectivity index (χ1n) is 15.5. The molecule has 318 valence electrons. The third kappa shape index (κ3) is 7.22. The lowest BCUT2D eigenvalue weighted by Crippen LogP contribution is -2.81. The van der Waals surface area contributed by atoms with Gasteiger partial charge >= 0.3 is 0 Å². The summed E-state index contributed by atoms with van der Waals surface area (Å²) in [6, 6.07) is 6.86. The molecule has 0 N–H and O–H groups in total. The summed E-state index contributed by atoms with van der Waals surface area (Å²) in [6.07, 6.45) is -0.666. The third-order valence-electron chi connectivity index (χ3n) is 8.50. The van der Waals surface area contributed by atoms with E-state index < -0.39 is 144 Å². The summed E-state index contributed by atoms with van der Waals surface area (Å²) < 4.78 is 295.